The second-order valence-corrected chi connectivity index (χ2v) is 2.97. The van der Waals surface area contributed by atoms with Crippen LogP contribution in [0.4, 0.5) is 0 Å². The van der Waals surface area contributed by atoms with Gasteiger partial charge in [-0.1, -0.05) is 0 Å². The fraction of sp³-hybridized carbons (Fsp3) is 0.625. The molecule has 0 amide bonds. The van der Waals surface area contributed by atoms with E-state index in [-0.39, 0.29) is 6.61 Å². The number of aliphatic hydroxyl groups excluding tert-OH is 1. The van der Waals surface area contributed by atoms with Crippen LogP contribution in [0.3, 0.4) is 0 Å². The van der Waals surface area contributed by atoms with Crippen molar-refractivity contribution in [3.05, 3.63) is 17.2 Å². The summed E-state index contributed by atoms with van der Waals surface area (Å²) in [5.74, 6) is 1.14. The average molecular weight is 152 g/mol. The molecule has 0 radical (unpaired) electrons. The Balaban J connectivity index is 2.52. The zero-order valence-electron chi connectivity index (χ0n) is 6.67. The highest BCUT2D eigenvalue weighted by molar-refractivity contribution is 5.17. The van der Waals surface area contributed by atoms with Crippen molar-refractivity contribution in [1.82, 2.24) is 9.55 Å². The summed E-state index contributed by atoms with van der Waals surface area (Å²) in [6.07, 6.45) is 2.25. The van der Waals surface area contributed by atoms with Gasteiger partial charge in [-0.25, -0.2) is 4.98 Å². The summed E-state index contributed by atoms with van der Waals surface area (Å²) in [6, 6.07) is 0. The molecule has 2 heterocycles. The van der Waals surface area contributed by atoms with Crippen molar-refractivity contribution >= 4 is 0 Å². The first kappa shape index (κ1) is 6.85. The number of hydrogen-bond donors (Lipinski definition) is 1. The molecule has 0 aliphatic carbocycles. The highest BCUT2D eigenvalue weighted by Gasteiger charge is 2.17. The van der Waals surface area contributed by atoms with E-state index in [9.17, 15) is 0 Å². The minimum absolute atomic E-state index is 0.124. The van der Waals surface area contributed by atoms with Gasteiger partial charge in [-0.2, -0.15) is 0 Å². The Hall–Kier alpha value is -0.830. The predicted octanol–water partition coefficient (Wildman–Crippen LogP) is 0.630. The van der Waals surface area contributed by atoms with Gasteiger partial charge in [0.1, 0.15) is 5.82 Å². The summed E-state index contributed by atoms with van der Waals surface area (Å²) in [4.78, 5) is 4.36. The molecule has 1 aliphatic rings. The lowest BCUT2D eigenvalue weighted by Crippen LogP contribution is -1.99. The zero-order valence-corrected chi connectivity index (χ0v) is 6.67. The van der Waals surface area contributed by atoms with Gasteiger partial charge in [0.15, 0.2) is 0 Å². The first-order valence-electron chi connectivity index (χ1n) is 3.98. The van der Waals surface area contributed by atoms with Crippen LogP contribution >= 0.6 is 0 Å². The second-order valence-electron chi connectivity index (χ2n) is 2.97. The number of aliphatic hydroxyl groups is 1. The summed E-state index contributed by atoms with van der Waals surface area (Å²) < 4.78 is 2.13. The van der Waals surface area contributed by atoms with Gasteiger partial charge >= 0.3 is 0 Å². The van der Waals surface area contributed by atoms with Gasteiger partial charge in [0.2, 0.25) is 0 Å². The van der Waals surface area contributed by atoms with Crippen LogP contribution in [0.2, 0.25) is 0 Å². The van der Waals surface area contributed by atoms with Crippen molar-refractivity contribution in [1.29, 1.82) is 0 Å². The van der Waals surface area contributed by atoms with Gasteiger partial charge in [0, 0.05) is 13.0 Å². The molecule has 0 aromatic carbocycles. The lowest BCUT2D eigenvalue weighted by Gasteiger charge is -2.00. The number of hydrogen-bond acceptors (Lipinski definition) is 2. The van der Waals surface area contributed by atoms with Crippen molar-refractivity contribution in [2.75, 3.05) is 0 Å². The van der Waals surface area contributed by atoms with Gasteiger partial charge < -0.3 is 9.67 Å². The van der Waals surface area contributed by atoms with E-state index >= 15 is 0 Å². The molecule has 3 nitrogen and oxygen atoms in total. The quantitative estimate of drug-likeness (QED) is 0.641. The first-order valence-corrected chi connectivity index (χ1v) is 3.98. The van der Waals surface area contributed by atoms with Gasteiger partial charge in [-0.05, 0) is 13.3 Å². The fourth-order valence-corrected chi connectivity index (χ4v) is 1.72. The van der Waals surface area contributed by atoms with E-state index in [1.807, 2.05) is 6.92 Å². The molecule has 1 aromatic rings. The van der Waals surface area contributed by atoms with Crippen LogP contribution in [-0.4, -0.2) is 14.7 Å². The van der Waals surface area contributed by atoms with Crippen molar-refractivity contribution in [3.63, 3.8) is 0 Å². The summed E-state index contributed by atoms with van der Waals surface area (Å²) >= 11 is 0. The molecule has 1 N–H and O–H groups in total. The van der Waals surface area contributed by atoms with E-state index in [0.29, 0.717) is 0 Å². The molecule has 0 fully saturated rings. The lowest BCUT2D eigenvalue weighted by molar-refractivity contribution is 0.270. The van der Waals surface area contributed by atoms with Crippen LogP contribution in [0.5, 0.6) is 0 Å². The minimum Gasteiger partial charge on any atom is -0.390 e. The highest BCUT2D eigenvalue weighted by Crippen LogP contribution is 2.19. The molecule has 1 aliphatic heterocycles. The maximum Gasteiger partial charge on any atom is 0.109 e. The number of aryl methyl sites for hydroxylation is 2. The van der Waals surface area contributed by atoms with E-state index < -0.39 is 0 Å². The van der Waals surface area contributed by atoms with Crippen LogP contribution in [0.1, 0.15) is 23.6 Å². The number of imidazole rings is 1. The van der Waals surface area contributed by atoms with E-state index in [1.165, 1.54) is 6.42 Å². The number of aromatic nitrogens is 2. The summed E-state index contributed by atoms with van der Waals surface area (Å²) in [6.45, 7) is 3.11. The van der Waals surface area contributed by atoms with Crippen molar-refractivity contribution in [2.24, 2.45) is 0 Å². The molecule has 0 unspecified atom stereocenters. The molecule has 60 valence electrons. The lowest BCUT2D eigenvalue weighted by atomic mass is 10.3. The van der Waals surface area contributed by atoms with Crippen molar-refractivity contribution < 1.29 is 5.11 Å². The highest BCUT2D eigenvalue weighted by atomic mass is 16.3. The molecule has 1 aromatic heterocycles. The number of nitrogens with zero attached hydrogens (tertiary/aromatic N) is 2. The molecule has 0 saturated heterocycles. The maximum absolute atomic E-state index is 9.01. The van der Waals surface area contributed by atoms with E-state index in [1.54, 1.807) is 0 Å². The maximum atomic E-state index is 9.01. The molecule has 0 spiro atoms. The third kappa shape index (κ3) is 0.878. The fourth-order valence-electron chi connectivity index (χ4n) is 1.72. The third-order valence-electron chi connectivity index (χ3n) is 2.28. The third-order valence-corrected chi connectivity index (χ3v) is 2.28. The molecule has 2 rings (SSSR count). The van der Waals surface area contributed by atoms with E-state index in [0.717, 1.165) is 30.2 Å². The molecule has 0 atom stereocenters. The SMILES string of the molecule is Cc1nc2n(c1CO)CCC2. The Kier molecular flexibility index (Phi) is 1.46. The first-order chi connectivity index (χ1) is 5.33. The number of fused-ring (bicyclic) bond motifs is 1. The van der Waals surface area contributed by atoms with Gasteiger partial charge in [-0.15, -0.1) is 0 Å². The normalized spacial score (nSPS) is 15.5. The molecule has 0 bridgehead atoms. The van der Waals surface area contributed by atoms with Gasteiger partial charge in [-0.3, -0.25) is 0 Å². The topological polar surface area (TPSA) is 38.0 Å². The summed E-state index contributed by atoms with van der Waals surface area (Å²) in [5.41, 5.74) is 1.99. The zero-order chi connectivity index (χ0) is 7.84. The van der Waals surface area contributed by atoms with Crippen LogP contribution < -0.4 is 0 Å². The van der Waals surface area contributed by atoms with E-state index in [4.69, 9.17) is 5.11 Å². The number of rotatable bonds is 1. The van der Waals surface area contributed by atoms with Crippen LogP contribution in [0.25, 0.3) is 0 Å². The Morgan fingerprint density at radius 2 is 2.45 bits per heavy atom. The predicted molar refractivity (Wildman–Crippen MR) is 41.2 cm³/mol. The van der Waals surface area contributed by atoms with Crippen LogP contribution in [0.15, 0.2) is 0 Å². The molecule has 11 heavy (non-hydrogen) atoms. The van der Waals surface area contributed by atoms with E-state index in [2.05, 4.69) is 9.55 Å². The summed E-state index contributed by atoms with van der Waals surface area (Å²) in [5, 5.41) is 9.01. The second kappa shape index (κ2) is 2.34. The average Bonchev–Trinajstić information content (AvgIpc) is 2.46. The minimum atomic E-state index is 0.124. The molecular formula is C8H12N2O. The summed E-state index contributed by atoms with van der Waals surface area (Å²) in [7, 11) is 0. The van der Waals surface area contributed by atoms with Crippen LogP contribution in [0, 0.1) is 6.92 Å². The smallest absolute Gasteiger partial charge is 0.109 e. The Labute approximate surface area is 65.7 Å². The van der Waals surface area contributed by atoms with Crippen LogP contribution in [-0.2, 0) is 19.6 Å². The standard InChI is InChI=1S/C8H12N2O/c1-6-7(5-11)10-4-2-3-8(10)9-6/h11H,2-5H2,1H3. The largest absolute Gasteiger partial charge is 0.390 e. The van der Waals surface area contributed by atoms with Crippen molar-refractivity contribution in [2.45, 2.75) is 32.9 Å². The Morgan fingerprint density at radius 3 is 3.18 bits per heavy atom. The Morgan fingerprint density at radius 1 is 1.64 bits per heavy atom. The Bertz CT molecular complexity index is 278. The molecule has 0 saturated carbocycles. The van der Waals surface area contributed by atoms with Crippen molar-refractivity contribution in [3.8, 4) is 0 Å². The molecule has 3 heteroatoms. The van der Waals surface area contributed by atoms with Gasteiger partial charge in [0.25, 0.3) is 0 Å². The molecular weight excluding hydrogens is 140 g/mol. The van der Waals surface area contributed by atoms with Gasteiger partial charge in [0.05, 0.1) is 18.0 Å². The monoisotopic (exact) mass is 152 g/mol.